The third-order valence-corrected chi connectivity index (χ3v) is 13.1. The minimum atomic E-state index is -0.693. The molecule has 14 heteroatoms. The molecule has 4 aromatic rings. The van der Waals surface area contributed by atoms with Crippen molar-refractivity contribution in [2.24, 2.45) is 22.7 Å². The minimum absolute atomic E-state index is 0.0379. The summed E-state index contributed by atoms with van der Waals surface area (Å²) in [7, 11) is 2.60. The van der Waals surface area contributed by atoms with E-state index in [0.717, 1.165) is 71.0 Å². The summed E-state index contributed by atoms with van der Waals surface area (Å²) < 4.78 is 9.63. The number of likely N-dealkylation sites (tertiary alicyclic amines) is 2. The second kappa shape index (κ2) is 14.6. The van der Waals surface area contributed by atoms with Crippen molar-refractivity contribution in [3.8, 4) is 33.6 Å². The van der Waals surface area contributed by atoms with Gasteiger partial charge in [-0.1, -0.05) is 90.1 Å². The molecule has 2 aromatic heterocycles. The van der Waals surface area contributed by atoms with Crippen LogP contribution in [0.5, 0.6) is 0 Å². The molecule has 2 saturated carbocycles. The molecule has 8 atom stereocenters. The van der Waals surface area contributed by atoms with Gasteiger partial charge in [0.2, 0.25) is 11.8 Å². The SMILES string of the molecule is COC(=O)NC(C(=O)N1C(c2ncc(-c3ccc(-c4ccc(-c5cnc(C6CC7(C)CC7N6C(=O)C(NC(=O)OC)C(C)C)[nH]5)cc4)cc3)[nH]2)CC2(C)CC12)C(C)C. The first-order chi connectivity index (χ1) is 27.6. The van der Waals surface area contributed by atoms with E-state index in [1.807, 2.05) is 49.9 Å². The summed E-state index contributed by atoms with van der Waals surface area (Å²) in [6.45, 7) is 12.1. The molecule has 14 nitrogen and oxygen atoms in total. The number of alkyl carbamates (subject to hydrolysis) is 2. The van der Waals surface area contributed by atoms with Crippen LogP contribution in [0, 0.1) is 22.7 Å². The summed E-state index contributed by atoms with van der Waals surface area (Å²) in [5.74, 6) is 1.05. The van der Waals surface area contributed by atoms with Crippen LogP contribution in [0.3, 0.4) is 0 Å². The van der Waals surface area contributed by atoms with Gasteiger partial charge in [-0.3, -0.25) is 9.59 Å². The third-order valence-electron chi connectivity index (χ3n) is 13.1. The van der Waals surface area contributed by atoms with Gasteiger partial charge in [-0.2, -0.15) is 0 Å². The van der Waals surface area contributed by atoms with E-state index >= 15 is 0 Å². The first kappa shape index (κ1) is 39.2. The van der Waals surface area contributed by atoms with E-state index in [1.54, 1.807) is 0 Å². The molecule has 8 rings (SSSR count). The number of benzene rings is 2. The zero-order valence-electron chi connectivity index (χ0n) is 34.5. The van der Waals surface area contributed by atoms with E-state index in [-0.39, 0.29) is 58.6 Å². The number of carbonyl (C=O) groups excluding carboxylic acids is 4. The number of rotatable bonds is 11. The van der Waals surface area contributed by atoms with E-state index < -0.39 is 24.3 Å². The predicted molar refractivity (Wildman–Crippen MR) is 217 cm³/mol. The Morgan fingerprint density at radius 2 is 0.966 bits per heavy atom. The van der Waals surface area contributed by atoms with Crippen molar-refractivity contribution in [3.63, 3.8) is 0 Å². The van der Waals surface area contributed by atoms with Crippen molar-refractivity contribution in [2.75, 3.05) is 14.2 Å². The number of carbonyl (C=O) groups is 4. The fourth-order valence-corrected chi connectivity index (χ4v) is 9.37. The summed E-state index contributed by atoms with van der Waals surface area (Å²) in [5, 5.41) is 5.49. The van der Waals surface area contributed by atoms with Crippen LogP contribution < -0.4 is 10.6 Å². The number of hydrogen-bond acceptors (Lipinski definition) is 8. The lowest BCUT2D eigenvalue weighted by atomic mass is 10.00. The van der Waals surface area contributed by atoms with Crippen LogP contribution in [-0.4, -0.2) is 92.1 Å². The molecular formula is C44H54N8O6. The van der Waals surface area contributed by atoms with Crippen molar-refractivity contribution in [1.29, 1.82) is 0 Å². The van der Waals surface area contributed by atoms with E-state index in [9.17, 15) is 19.2 Å². The lowest BCUT2D eigenvalue weighted by molar-refractivity contribution is -0.137. The minimum Gasteiger partial charge on any atom is -0.453 e. The van der Waals surface area contributed by atoms with Crippen LogP contribution >= 0.6 is 0 Å². The van der Waals surface area contributed by atoms with Gasteiger partial charge in [0.15, 0.2) is 0 Å². The van der Waals surface area contributed by atoms with E-state index in [4.69, 9.17) is 19.4 Å². The first-order valence-electron chi connectivity index (χ1n) is 20.3. The first-order valence-corrected chi connectivity index (χ1v) is 20.3. The molecule has 2 aliphatic heterocycles. The van der Waals surface area contributed by atoms with Gasteiger partial charge in [-0.05, 0) is 70.6 Å². The van der Waals surface area contributed by atoms with Crippen molar-refractivity contribution < 1.29 is 28.7 Å². The fraction of sp³-hybridized carbons (Fsp3) is 0.500. The highest BCUT2D eigenvalue weighted by molar-refractivity contribution is 5.88. The number of methoxy groups -OCH3 is 2. The normalized spacial score (nSPS) is 26.5. The van der Waals surface area contributed by atoms with Crippen LogP contribution in [0.15, 0.2) is 60.9 Å². The van der Waals surface area contributed by atoms with Gasteiger partial charge in [0.25, 0.3) is 0 Å². The second-order valence-electron chi connectivity index (χ2n) is 17.9. The summed E-state index contributed by atoms with van der Waals surface area (Å²) in [4.78, 5) is 72.4. The number of ether oxygens (including phenoxy) is 2. The Morgan fingerprint density at radius 1 is 0.621 bits per heavy atom. The van der Waals surface area contributed by atoms with Crippen molar-refractivity contribution in [1.82, 2.24) is 40.4 Å². The van der Waals surface area contributed by atoms with Crippen LogP contribution in [0.2, 0.25) is 0 Å². The van der Waals surface area contributed by atoms with Crippen molar-refractivity contribution in [2.45, 2.75) is 103 Å². The number of H-pyrrole nitrogens is 2. The Bertz CT molecular complexity index is 2060. The number of imidazole rings is 2. The number of nitrogens with zero attached hydrogens (tertiary/aromatic N) is 4. The molecule has 0 radical (unpaired) electrons. The Hall–Kier alpha value is -5.66. The molecule has 4 heterocycles. The molecular weight excluding hydrogens is 737 g/mol. The molecule has 58 heavy (non-hydrogen) atoms. The maximum absolute atomic E-state index is 13.9. The Morgan fingerprint density at radius 3 is 1.29 bits per heavy atom. The molecule has 4 N–H and O–H groups in total. The van der Waals surface area contributed by atoms with Gasteiger partial charge in [-0.25, -0.2) is 19.6 Å². The average Bonchev–Trinajstić information content (AvgIpc) is 3.65. The molecule has 306 valence electrons. The molecule has 4 fully saturated rings. The monoisotopic (exact) mass is 790 g/mol. The molecule has 4 aliphatic rings. The summed E-state index contributed by atoms with van der Waals surface area (Å²) >= 11 is 0. The standard InChI is InChI=1S/C44H54N8O6/c1-23(2)35(49-41(55)57-7)39(53)51-31(17-43(5)19-33(43)51)37-45-21-29(47-37)27-13-9-25(10-14-27)26-11-15-28(16-12-26)30-22-46-38(48-30)32-18-44(6)20-34(44)52(32)40(54)36(24(3)4)50-42(56)58-8/h9-16,21-24,31-36H,17-20H2,1-8H3,(H,45,47)(H,46,48)(H,49,55)(H,50,56). The molecule has 0 spiro atoms. The number of fused-ring (bicyclic) bond motifs is 2. The highest BCUT2D eigenvalue weighted by atomic mass is 16.5. The van der Waals surface area contributed by atoms with Gasteiger partial charge in [-0.15, -0.1) is 0 Å². The number of hydrogen-bond donors (Lipinski definition) is 4. The van der Waals surface area contributed by atoms with Gasteiger partial charge in [0.05, 0.1) is 50.1 Å². The second-order valence-corrected chi connectivity index (χ2v) is 17.9. The molecule has 4 amide bonds. The lowest BCUT2D eigenvalue weighted by Crippen LogP contribution is -2.52. The third kappa shape index (κ3) is 7.00. The highest BCUT2D eigenvalue weighted by Crippen LogP contribution is 2.64. The quantitative estimate of drug-likeness (QED) is 0.126. The van der Waals surface area contributed by atoms with Crippen LogP contribution in [0.4, 0.5) is 9.59 Å². The zero-order valence-corrected chi connectivity index (χ0v) is 34.5. The van der Waals surface area contributed by atoms with Gasteiger partial charge >= 0.3 is 12.2 Å². The van der Waals surface area contributed by atoms with Crippen LogP contribution in [0.1, 0.15) is 91.0 Å². The molecule has 8 unspecified atom stereocenters. The maximum Gasteiger partial charge on any atom is 0.407 e. The summed E-state index contributed by atoms with van der Waals surface area (Å²) in [6.07, 6.45) is 5.91. The zero-order chi connectivity index (χ0) is 41.3. The molecule has 0 bridgehead atoms. The number of nitrogens with one attached hydrogen (secondary N) is 4. The van der Waals surface area contributed by atoms with E-state index in [0.29, 0.717) is 0 Å². The number of piperidine rings is 2. The smallest absolute Gasteiger partial charge is 0.407 e. The maximum atomic E-state index is 13.9. The summed E-state index contributed by atoms with van der Waals surface area (Å²) in [5.41, 5.74) is 5.90. The lowest BCUT2D eigenvalue weighted by Gasteiger charge is -2.31. The fourth-order valence-electron chi connectivity index (χ4n) is 9.37. The molecule has 2 aliphatic carbocycles. The topological polar surface area (TPSA) is 175 Å². The Kier molecular flexibility index (Phi) is 9.87. The van der Waals surface area contributed by atoms with Crippen molar-refractivity contribution >= 4 is 24.0 Å². The predicted octanol–water partition coefficient (Wildman–Crippen LogP) is 7.00. The Labute approximate surface area is 338 Å². The van der Waals surface area contributed by atoms with Gasteiger partial charge in [0, 0.05) is 12.1 Å². The number of amides is 4. The van der Waals surface area contributed by atoms with Crippen LogP contribution in [-0.2, 0) is 19.1 Å². The molecule has 2 saturated heterocycles. The summed E-state index contributed by atoms with van der Waals surface area (Å²) in [6, 6.07) is 15.0. The van der Waals surface area contributed by atoms with Gasteiger partial charge in [0.1, 0.15) is 23.7 Å². The Balaban J connectivity index is 0.947. The average molecular weight is 791 g/mol. The number of aromatic nitrogens is 4. The number of aromatic amines is 2. The van der Waals surface area contributed by atoms with E-state index in [2.05, 4.69) is 83.0 Å². The van der Waals surface area contributed by atoms with Gasteiger partial charge < -0.3 is 39.9 Å². The van der Waals surface area contributed by atoms with Crippen LogP contribution in [0.25, 0.3) is 33.6 Å². The van der Waals surface area contributed by atoms with Crippen molar-refractivity contribution in [3.05, 3.63) is 72.6 Å². The molecule has 2 aromatic carbocycles. The highest BCUT2D eigenvalue weighted by Gasteiger charge is 2.65. The largest absolute Gasteiger partial charge is 0.453 e. The van der Waals surface area contributed by atoms with E-state index in [1.165, 1.54) is 14.2 Å².